The van der Waals surface area contributed by atoms with Crippen molar-refractivity contribution in [2.24, 2.45) is 0 Å². The number of benzene rings is 1. The molecule has 2 heterocycles. The van der Waals surface area contributed by atoms with Crippen molar-refractivity contribution >= 4 is 23.4 Å². The van der Waals surface area contributed by atoms with Crippen LogP contribution >= 0.6 is 0 Å². The first kappa shape index (κ1) is 18.3. The maximum absolute atomic E-state index is 13.5. The first-order valence-corrected chi connectivity index (χ1v) is 8.61. The second kappa shape index (κ2) is 7.41. The van der Waals surface area contributed by atoms with E-state index in [0.717, 1.165) is 0 Å². The zero-order valence-corrected chi connectivity index (χ0v) is 14.7. The first-order chi connectivity index (χ1) is 12.4. The quantitative estimate of drug-likeness (QED) is 0.857. The van der Waals surface area contributed by atoms with Crippen molar-refractivity contribution in [3.8, 4) is 0 Å². The van der Waals surface area contributed by atoms with Crippen molar-refractivity contribution in [1.82, 2.24) is 10.2 Å². The van der Waals surface area contributed by atoms with Gasteiger partial charge in [-0.15, -0.1) is 0 Å². The molecule has 0 radical (unpaired) electrons. The number of rotatable bonds is 3. The van der Waals surface area contributed by atoms with E-state index in [2.05, 4.69) is 5.32 Å². The smallest absolute Gasteiger partial charge is 0.253 e. The van der Waals surface area contributed by atoms with Crippen LogP contribution in [0.5, 0.6) is 0 Å². The minimum atomic E-state index is -0.537. The van der Waals surface area contributed by atoms with Crippen LogP contribution in [-0.2, 0) is 19.1 Å². The number of piperidine rings is 1. The van der Waals surface area contributed by atoms with E-state index in [4.69, 9.17) is 4.74 Å². The monoisotopic (exact) mass is 363 g/mol. The molecule has 0 saturated carbocycles. The van der Waals surface area contributed by atoms with Gasteiger partial charge in [-0.3, -0.25) is 14.4 Å². The highest BCUT2D eigenvalue weighted by Crippen LogP contribution is 2.32. The zero-order chi connectivity index (χ0) is 18.7. The molecule has 0 aliphatic carbocycles. The summed E-state index contributed by atoms with van der Waals surface area (Å²) in [4.78, 5) is 38.5. The average molecular weight is 363 g/mol. The van der Waals surface area contributed by atoms with Gasteiger partial charge >= 0.3 is 0 Å². The maximum atomic E-state index is 13.5. The zero-order valence-electron chi connectivity index (χ0n) is 14.7. The lowest BCUT2D eigenvalue weighted by Crippen LogP contribution is -2.60. The summed E-state index contributed by atoms with van der Waals surface area (Å²) in [6.07, 6.45) is 1.16. The van der Waals surface area contributed by atoms with Gasteiger partial charge in [0.25, 0.3) is 5.91 Å². The van der Waals surface area contributed by atoms with Gasteiger partial charge < -0.3 is 19.9 Å². The maximum Gasteiger partial charge on any atom is 0.253 e. The number of carbonyl (C=O) groups excluding carboxylic acids is 3. The third kappa shape index (κ3) is 4.01. The van der Waals surface area contributed by atoms with E-state index in [-0.39, 0.29) is 30.9 Å². The Morgan fingerprint density at radius 1 is 1.31 bits per heavy atom. The van der Waals surface area contributed by atoms with Crippen LogP contribution in [0.25, 0.3) is 0 Å². The van der Waals surface area contributed by atoms with E-state index in [0.29, 0.717) is 38.2 Å². The number of morpholine rings is 1. The molecule has 2 aliphatic heterocycles. The summed E-state index contributed by atoms with van der Waals surface area (Å²) in [5, 5.41) is 2.50. The molecule has 0 aromatic heterocycles. The number of ether oxygens (including phenoxy) is 1. The second-order valence-electron chi connectivity index (χ2n) is 6.72. The summed E-state index contributed by atoms with van der Waals surface area (Å²) in [5.74, 6) is -0.977. The summed E-state index contributed by atoms with van der Waals surface area (Å²) in [6.45, 7) is 2.61. The highest BCUT2D eigenvalue weighted by molar-refractivity contribution is 5.95. The molecule has 1 spiro atoms. The van der Waals surface area contributed by atoms with Gasteiger partial charge in [0.15, 0.2) is 0 Å². The summed E-state index contributed by atoms with van der Waals surface area (Å²) in [5.41, 5.74) is -0.0211. The van der Waals surface area contributed by atoms with Gasteiger partial charge in [0.2, 0.25) is 11.8 Å². The van der Waals surface area contributed by atoms with Gasteiger partial charge in [0, 0.05) is 25.7 Å². The van der Waals surface area contributed by atoms with Crippen molar-refractivity contribution in [3.63, 3.8) is 0 Å². The van der Waals surface area contributed by atoms with Crippen LogP contribution in [0.3, 0.4) is 0 Å². The molecule has 1 N–H and O–H groups in total. The average Bonchev–Trinajstić information content (AvgIpc) is 2.62. The molecule has 0 atom stereocenters. The number of nitrogens with zero attached hydrogens (tertiary/aromatic N) is 2. The van der Waals surface area contributed by atoms with Crippen LogP contribution in [0.1, 0.15) is 19.8 Å². The molecule has 140 valence electrons. The van der Waals surface area contributed by atoms with Gasteiger partial charge in [0.1, 0.15) is 12.4 Å². The van der Waals surface area contributed by atoms with Crippen LogP contribution in [0.15, 0.2) is 24.3 Å². The molecule has 1 aromatic rings. The Bertz CT molecular complexity index is 716. The van der Waals surface area contributed by atoms with Crippen molar-refractivity contribution in [2.45, 2.75) is 25.4 Å². The Kier molecular flexibility index (Phi) is 5.22. The Morgan fingerprint density at radius 3 is 2.69 bits per heavy atom. The molecule has 2 saturated heterocycles. The Labute approximate surface area is 151 Å². The molecule has 0 unspecified atom stereocenters. The minimum Gasteiger partial charge on any atom is -0.363 e. The number of likely N-dealkylation sites (tertiary alicyclic amines) is 1. The van der Waals surface area contributed by atoms with Crippen molar-refractivity contribution in [3.05, 3.63) is 30.1 Å². The molecule has 26 heavy (non-hydrogen) atoms. The van der Waals surface area contributed by atoms with E-state index in [1.807, 2.05) is 0 Å². The summed E-state index contributed by atoms with van der Waals surface area (Å²) < 4.78 is 19.3. The topological polar surface area (TPSA) is 79.0 Å². The predicted molar refractivity (Wildman–Crippen MR) is 91.9 cm³/mol. The fraction of sp³-hybridized carbons (Fsp3) is 0.500. The van der Waals surface area contributed by atoms with E-state index in [9.17, 15) is 18.8 Å². The van der Waals surface area contributed by atoms with Crippen LogP contribution in [0.4, 0.5) is 10.1 Å². The summed E-state index contributed by atoms with van der Waals surface area (Å²) >= 11 is 0. The third-order valence-electron chi connectivity index (χ3n) is 4.88. The number of nitrogens with one attached hydrogen (secondary N) is 1. The number of hydrogen-bond acceptors (Lipinski definition) is 4. The Hall–Kier alpha value is -2.48. The molecule has 2 fully saturated rings. The van der Waals surface area contributed by atoms with Crippen molar-refractivity contribution in [2.75, 3.05) is 37.7 Å². The number of amides is 3. The van der Waals surface area contributed by atoms with Crippen molar-refractivity contribution < 1.29 is 23.5 Å². The Morgan fingerprint density at radius 2 is 2.04 bits per heavy atom. The lowest BCUT2D eigenvalue weighted by atomic mass is 9.89. The van der Waals surface area contributed by atoms with Gasteiger partial charge in [0.05, 0.1) is 18.7 Å². The second-order valence-corrected chi connectivity index (χ2v) is 6.72. The standard InChI is InChI=1S/C18H22FN3O4/c1-13(23)20-10-16(24)21-7-5-18(6-8-21)12-22(17(25)11-26-18)15-4-2-3-14(19)9-15/h2-4,9H,5-8,10-12H2,1H3,(H,20,23). The molecular weight excluding hydrogens is 341 g/mol. The molecule has 1 aromatic carbocycles. The minimum absolute atomic E-state index is 0.0168. The normalized spacial score (nSPS) is 19.5. The van der Waals surface area contributed by atoms with Gasteiger partial charge in [-0.25, -0.2) is 4.39 Å². The molecular formula is C18H22FN3O4. The number of halogens is 1. The molecule has 2 aliphatic rings. The lowest BCUT2D eigenvalue weighted by molar-refractivity contribution is -0.150. The molecule has 0 bridgehead atoms. The summed E-state index contributed by atoms with van der Waals surface area (Å²) in [7, 11) is 0. The van der Waals surface area contributed by atoms with Gasteiger partial charge in [-0.1, -0.05) is 6.07 Å². The predicted octanol–water partition coefficient (Wildman–Crippen LogP) is 0.686. The third-order valence-corrected chi connectivity index (χ3v) is 4.88. The molecule has 7 nitrogen and oxygen atoms in total. The van der Waals surface area contributed by atoms with E-state index in [1.165, 1.54) is 19.1 Å². The van der Waals surface area contributed by atoms with E-state index < -0.39 is 11.4 Å². The van der Waals surface area contributed by atoms with Gasteiger partial charge in [-0.2, -0.15) is 0 Å². The molecule has 3 amide bonds. The van der Waals surface area contributed by atoms with E-state index in [1.54, 1.807) is 21.9 Å². The first-order valence-electron chi connectivity index (χ1n) is 8.61. The van der Waals surface area contributed by atoms with Crippen LogP contribution in [0.2, 0.25) is 0 Å². The SMILES string of the molecule is CC(=O)NCC(=O)N1CCC2(CC1)CN(c1cccc(F)c1)C(=O)CO2. The number of anilines is 1. The van der Waals surface area contributed by atoms with Crippen LogP contribution in [0, 0.1) is 5.82 Å². The van der Waals surface area contributed by atoms with Crippen molar-refractivity contribution in [1.29, 1.82) is 0 Å². The number of carbonyl (C=O) groups is 3. The largest absolute Gasteiger partial charge is 0.363 e. The van der Waals surface area contributed by atoms with Gasteiger partial charge in [-0.05, 0) is 31.0 Å². The molecule has 8 heteroatoms. The lowest BCUT2D eigenvalue weighted by Gasteiger charge is -2.47. The Balaban J connectivity index is 1.64. The fourth-order valence-electron chi connectivity index (χ4n) is 3.37. The molecule has 3 rings (SSSR count). The van der Waals surface area contributed by atoms with Crippen LogP contribution in [-0.4, -0.2) is 61.0 Å². The summed E-state index contributed by atoms with van der Waals surface area (Å²) in [6, 6.07) is 5.95. The number of hydrogen-bond donors (Lipinski definition) is 1. The highest BCUT2D eigenvalue weighted by atomic mass is 19.1. The highest BCUT2D eigenvalue weighted by Gasteiger charge is 2.43. The fourth-order valence-corrected chi connectivity index (χ4v) is 3.37. The van der Waals surface area contributed by atoms with E-state index >= 15 is 0 Å². The van der Waals surface area contributed by atoms with Crippen LogP contribution < -0.4 is 10.2 Å².